The molecule has 0 amide bonds. The quantitative estimate of drug-likeness (QED) is 0.561. The van der Waals surface area contributed by atoms with Crippen molar-refractivity contribution in [3.8, 4) is 17.1 Å². The molecule has 0 aliphatic rings. The summed E-state index contributed by atoms with van der Waals surface area (Å²) in [5.74, 6) is 2.19. The van der Waals surface area contributed by atoms with Crippen LogP contribution in [0.3, 0.4) is 0 Å². The summed E-state index contributed by atoms with van der Waals surface area (Å²) in [6.07, 6.45) is 1.73. The smallest absolute Gasteiger partial charge is 0.208 e. The molecule has 0 spiro atoms. The van der Waals surface area contributed by atoms with Crippen LogP contribution < -0.4 is 10.1 Å². The Labute approximate surface area is 160 Å². The summed E-state index contributed by atoms with van der Waals surface area (Å²) >= 11 is 9.42. The fourth-order valence-electron chi connectivity index (χ4n) is 2.45. The normalized spacial score (nSPS) is 12.2. The fourth-order valence-corrected chi connectivity index (χ4v) is 3.13. The van der Waals surface area contributed by atoms with Gasteiger partial charge in [0.05, 0.1) is 24.3 Å². The van der Waals surface area contributed by atoms with Crippen molar-refractivity contribution >= 4 is 27.5 Å². The third kappa shape index (κ3) is 4.42. The molecule has 6 heteroatoms. The average Bonchev–Trinajstić information content (AvgIpc) is 3.09. The number of oxazole rings is 1. The maximum absolute atomic E-state index is 5.91. The lowest BCUT2D eigenvalue weighted by Gasteiger charge is -2.14. The van der Waals surface area contributed by atoms with E-state index in [9.17, 15) is 0 Å². The van der Waals surface area contributed by atoms with E-state index in [0.717, 1.165) is 27.1 Å². The highest BCUT2D eigenvalue weighted by Crippen LogP contribution is 2.28. The molecule has 1 heterocycles. The summed E-state index contributed by atoms with van der Waals surface area (Å²) in [6.45, 7) is 2.63. The van der Waals surface area contributed by atoms with Crippen LogP contribution in [-0.4, -0.2) is 12.1 Å². The predicted octanol–water partition coefficient (Wildman–Crippen LogP) is 5.62. The first-order valence-electron chi connectivity index (χ1n) is 7.84. The molecule has 0 saturated carbocycles. The first kappa shape index (κ1) is 18.0. The van der Waals surface area contributed by atoms with Crippen molar-refractivity contribution in [2.24, 2.45) is 0 Å². The molecule has 0 aliphatic carbocycles. The zero-order valence-electron chi connectivity index (χ0n) is 13.9. The molecule has 0 radical (unpaired) electrons. The highest BCUT2D eigenvalue weighted by molar-refractivity contribution is 9.10. The molecule has 4 nitrogen and oxygen atoms in total. The zero-order chi connectivity index (χ0) is 17.8. The topological polar surface area (TPSA) is 47.3 Å². The number of nitrogens with zero attached hydrogens (tertiary/aromatic N) is 1. The van der Waals surface area contributed by atoms with E-state index in [4.69, 9.17) is 20.8 Å². The van der Waals surface area contributed by atoms with Crippen molar-refractivity contribution in [2.45, 2.75) is 19.5 Å². The van der Waals surface area contributed by atoms with Crippen LogP contribution in [0.5, 0.6) is 5.75 Å². The molecule has 1 aromatic heterocycles. The van der Waals surface area contributed by atoms with Crippen LogP contribution in [0, 0.1) is 0 Å². The Bertz CT molecular complexity index is 849. The largest absolute Gasteiger partial charge is 0.496 e. The predicted molar refractivity (Wildman–Crippen MR) is 103 cm³/mol. The molecule has 0 bridgehead atoms. The third-order valence-corrected chi connectivity index (χ3v) is 4.79. The molecule has 2 aromatic carbocycles. The lowest BCUT2D eigenvalue weighted by molar-refractivity contribution is 0.411. The Morgan fingerprint density at radius 2 is 2.00 bits per heavy atom. The first-order valence-corrected chi connectivity index (χ1v) is 9.01. The van der Waals surface area contributed by atoms with Gasteiger partial charge < -0.3 is 14.5 Å². The molecule has 3 rings (SSSR count). The van der Waals surface area contributed by atoms with Gasteiger partial charge >= 0.3 is 0 Å². The maximum atomic E-state index is 5.91. The van der Waals surface area contributed by atoms with Gasteiger partial charge in [0.25, 0.3) is 0 Å². The summed E-state index contributed by atoms with van der Waals surface area (Å²) in [7, 11) is 1.66. The molecule has 1 atom stereocenters. The van der Waals surface area contributed by atoms with Gasteiger partial charge in [-0.2, -0.15) is 0 Å². The Morgan fingerprint density at radius 1 is 1.24 bits per heavy atom. The molecule has 3 aromatic rings. The van der Waals surface area contributed by atoms with Crippen molar-refractivity contribution in [3.63, 3.8) is 0 Å². The van der Waals surface area contributed by atoms with Crippen LogP contribution in [0.4, 0.5) is 0 Å². The second kappa shape index (κ2) is 8.04. The SMILES string of the molecule is COc1ccc(C(C)NCc2ncc(-c3ccc(Cl)cc3)o2)cc1Br. The van der Waals surface area contributed by atoms with Gasteiger partial charge in [0, 0.05) is 16.6 Å². The van der Waals surface area contributed by atoms with Gasteiger partial charge in [0.15, 0.2) is 5.76 Å². The number of halogens is 2. The molecule has 130 valence electrons. The summed E-state index contributed by atoms with van der Waals surface area (Å²) in [5.41, 5.74) is 2.10. The van der Waals surface area contributed by atoms with Crippen LogP contribution >= 0.6 is 27.5 Å². The van der Waals surface area contributed by atoms with E-state index in [1.165, 1.54) is 0 Å². The number of aromatic nitrogens is 1. The van der Waals surface area contributed by atoms with Gasteiger partial charge in [-0.05, 0) is 64.8 Å². The Hall–Kier alpha value is -1.82. The van der Waals surface area contributed by atoms with Gasteiger partial charge in [-0.3, -0.25) is 0 Å². The molecule has 1 N–H and O–H groups in total. The number of rotatable bonds is 6. The van der Waals surface area contributed by atoms with Crippen molar-refractivity contribution in [2.75, 3.05) is 7.11 Å². The Kier molecular flexibility index (Phi) is 5.78. The number of hydrogen-bond donors (Lipinski definition) is 1. The Balaban J connectivity index is 1.63. The summed E-state index contributed by atoms with van der Waals surface area (Å²) < 4.78 is 12.0. The second-order valence-electron chi connectivity index (χ2n) is 5.62. The third-order valence-electron chi connectivity index (χ3n) is 3.92. The maximum Gasteiger partial charge on any atom is 0.208 e. The van der Waals surface area contributed by atoms with Crippen molar-refractivity contribution in [3.05, 3.63) is 69.6 Å². The number of nitrogens with one attached hydrogen (secondary N) is 1. The average molecular weight is 422 g/mol. The van der Waals surface area contributed by atoms with Crippen molar-refractivity contribution in [1.29, 1.82) is 0 Å². The Morgan fingerprint density at radius 3 is 2.68 bits per heavy atom. The van der Waals surface area contributed by atoms with E-state index in [1.54, 1.807) is 13.3 Å². The second-order valence-corrected chi connectivity index (χ2v) is 6.91. The van der Waals surface area contributed by atoms with Crippen LogP contribution in [0.2, 0.25) is 5.02 Å². The monoisotopic (exact) mass is 420 g/mol. The van der Waals surface area contributed by atoms with Crippen LogP contribution in [0.15, 0.2) is 57.6 Å². The minimum Gasteiger partial charge on any atom is -0.496 e. The lowest BCUT2D eigenvalue weighted by atomic mass is 10.1. The van der Waals surface area contributed by atoms with E-state index in [2.05, 4.69) is 33.2 Å². The van der Waals surface area contributed by atoms with E-state index >= 15 is 0 Å². The molecule has 25 heavy (non-hydrogen) atoms. The van der Waals surface area contributed by atoms with E-state index in [1.807, 2.05) is 42.5 Å². The van der Waals surface area contributed by atoms with Crippen molar-refractivity contribution < 1.29 is 9.15 Å². The highest BCUT2D eigenvalue weighted by Gasteiger charge is 2.11. The molecule has 0 fully saturated rings. The molecule has 1 unspecified atom stereocenters. The van der Waals surface area contributed by atoms with Crippen LogP contribution in [-0.2, 0) is 6.54 Å². The van der Waals surface area contributed by atoms with Crippen LogP contribution in [0.1, 0.15) is 24.4 Å². The molecule has 0 saturated heterocycles. The first-order chi connectivity index (χ1) is 12.1. The lowest BCUT2D eigenvalue weighted by Crippen LogP contribution is -2.18. The standard InChI is InChI=1S/C19H18BrClN2O2/c1-12(14-5-8-17(24-2)16(20)9-14)22-11-19-23-10-18(25-19)13-3-6-15(21)7-4-13/h3-10,12,22H,11H2,1-2H3. The van der Waals surface area contributed by atoms with Crippen molar-refractivity contribution in [1.82, 2.24) is 10.3 Å². The summed E-state index contributed by atoms with van der Waals surface area (Å²) in [6, 6.07) is 13.7. The van der Waals surface area contributed by atoms with Gasteiger partial charge in [-0.1, -0.05) is 17.7 Å². The number of hydrogen-bond acceptors (Lipinski definition) is 4. The van der Waals surface area contributed by atoms with Crippen LogP contribution in [0.25, 0.3) is 11.3 Å². The minimum atomic E-state index is 0.146. The van der Waals surface area contributed by atoms with Gasteiger partial charge in [-0.25, -0.2) is 4.98 Å². The van der Waals surface area contributed by atoms with Gasteiger partial charge in [-0.15, -0.1) is 0 Å². The van der Waals surface area contributed by atoms with E-state index in [-0.39, 0.29) is 6.04 Å². The van der Waals surface area contributed by atoms with Gasteiger partial charge in [0.1, 0.15) is 5.75 Å². The van der Waals surface area contributed by atoms with Gasteiger partial charge in [0.2, 0.25) is 5.89 Å². The number of ether oxygens (including phenoxy) is 1. The number of methoxy groups -OCH3 is 1. The highest BCUT2D eigenvalue weighted by atomic mass is 79.9. The summed E-state index contributed by atoms with van der Waals surface area (Å²) in [4.78, 5) is 4.33. The zero-order valence-corrected chi connectivity index (χ0v) is 16.3. The number of benzene rings is 2. The molecule has 0 aliphatic heterocycles. The minimum absolute atomic E-state index is 0.146. The summed E-state index contributed by atoms with van der Waals surface area (Å²) in [5, 5.41) is 4.11. The molecular formula is C19H18BrClN2O2. The fraction of sp³-hybridized carbons (Fsp3) is 0.211. The molecular weight excluding hydrogens is 404 g/mol. The van der Waals surface area contributed by atoms with E-state index < -0.39 is 0 Å². The van der Waals surface area contributed by atoms with E-state index in [0.29, 0.717) is 17.5 Å².